The molecule has 2 atom stereocenters. The minimum absolute atomic E-state index is 0.753. The summed E-state index contributed by atoms with van der Waals surface area (Å²) in [5.41, 5.74) is 5.54. The Kier molecular flexibility index (Phi) is 3.34. The van der Waals surface area contributed by atoms with E-state index in [1.807, 2.05) is 0 Å². The Labute approximate surface area is 69.8 Å². The first kappa shape index (κ1) is 9.01. The molecular formula is C9H20N2. The summed E-state index contributed by atoms with van der Waals surface area (Å²) in [5.74, 6) is 0. The van der Waals surface area contributed by atoms with Crippen molar-refractivity contribution in [2.24, 2.45) is 5.73 Å². The van der Waals surface area contributed by atoms with Crippen LogP contribution in [0.1, 0.15) is 32.6 Å². The van der Waals surface area contributed by atoms with Gasteiger partial charge in [0, 0.05) is 12.1 Å². The first-order valence-corrected chi connectivity index (χ1v) is 4.67. The van der Waals surface area contributed by atoms with Gasteiger partial charge in [-0.3, -0.25) is 0 Å². The van der Waals surface area contributed by atoms with Gasteiger partial charge in [0.15, 0.2) is 0 Å². The second-order valence-electron chi connectivity index (χ2n) is 3.68. The molecule has 0 aromatic carbocycles. The van der Waals surface area contributed by atoms with Crippen molar-refractivity contribution in [2.75, 3.05) is 13.6 Å². The predicted octanol–water partition coefficient (Wildman–Crippen LogP) is 1.21. The van der Waals surface area contributed by atoms with Gasteiger partial charge >= 0.3 is 0 Å². The summed E-state index contributed by atoms with van der Waals surface area (Å²) in [6.45, 7) is 3.14. The summed E-state index contributed by atoms with van der Waals surface area (Å²) in [4.78, 5) is 2.48. The normalized spacial score (nSPS) is 34.1. The van der Waals surface area contributed by atoms with E-state index in [4.69, 9.17) is 5.73 Å². The van der Waals surface area contributed by atoms with E-state index in [0.717, 1.165) is 18.6 Å². The summed E-state index contributed by atoms with van der Waals surface area (Å²) in [7, 11) is 2.23. The standard InChI is InChI=1S/C9H20N2/c1-8-4-3-5-9(6-7-10)11(8)2/h8-9H,3-7,10H2,1-2H3. The highest BCUT2D eigenvalue weighted by molar-refractivity contribution is 4.79. The van der Waals surface area contributed by atoms with Gasteiger partial charge in [-0.1, -0.05) is 6.42 Å². The number of likely N-dealkylation sites (tertiary alicyclic amines) is 1. The van der Waals surface area contributed by atoms with Gasteiger partial charge in [-0.25, -0.2) is 0 Å². The van der Waals surface area contributed by atoms with Gasteiger partial charge in [0.1, 0.15) is 0 Å². The number of piperidine rings is 1. The van der Waals surface area contributed by atoms with Crippen LogP contribution >= 0.6 is 0 Å². The van der Waals surface area contributed by atoms with Gasteiger partial charge in [0.05, 0.1) is 0 Å². The number of hydrogen-bond donors (Lipinski definition) is 1. The molecule has 0 amide bonds. The van der Waals surface area contributed by atoms with E-state index in [2.05, 4.69) is 18.9 Å². The fourth-order valence-electron chi connectivity index (χ4n) is 1.96. The topological polar surface area (TPSA) is 29.3 Å². The minimum Gasteiger partial charge on any atom is -0.330 e. The van der Waals surface area contributed by atoms with Crippen LogP contribution in [-0.4, -0.2) is 30.6 Å². The van der Waals surface area contributed by atoms with Crippen LogP contribution in [0.15, 0.2) is 0 Å². The molecule has 0 aromatic heterocycles. The summed E-state index contributed by atoms with van der Waals surface area (Å²) < 4.78 is 0. The summed E-state index contributed by atoms with van der Waals surface area (Å²) in [5, 5.41) is 0. The van der Waals surface area contributed by atoms with Crippen LogP contribution < -0.4 is 5.73 Å². The zero-order valence-corrected chi connectivity index (χ0v) is 7.71. The van der Waals surface area contributed by atoms with Crippen molar-refractivity contribution in [3.05, 3.63) is 0 Å². The lowest BCUT2D eigenvalue weighted by Crippen LogP contribution is -2.43. The van der Waals surface area contributed by atoms with Gasteiger partial charge in [-0.15, -0.1) is 0 Å². The first-order chi connectivity index (χ1) is 5.25. The van der Waals surface area contributed by atoms with Crippen LogP contribution in [0.5, 0.6) is 0 Å². The predicted molar refractivity (Wildman–Crippen MR) is 48.5 cm³/mol. The number of nitrogens with zero attached hydrogens (tertiary/aromatic N) is 1. The van der Waals surface area contributed by atoms with Gasteiger partial charge in [-0.05, 0) is 39.8 Å². The molecule has 2 nitrogen and oxygen atoms in total. The molecule has 1 heterocycles. The lowest BCUT2D eigenvalue weighted by molar-refractivity contribution is 0.121. The molecule has 0 spiro atoms. The molecule has 11 heavy (non-hydrogen) atoms. The Morgan fingerprint density at radius 2 is 2.18 bits per heavy atom. The molecule has 0 radical (unpaired) electrons. The van der Waals surface area contributed by atoms with Crippen molar-refractivity contribution >= 4 is 0 Å². The van der Waals surface area contributed by atoms with Gasteiger partial charge in [0.25, 0.3) is 0 Å². The molecule has 2 N–H and O–H groups in total. The maximum absolute atomic E-state index is 5.54. The Hall–Kier alpha value is -0.0800. The lowest BCUT2D eigenvalue weighted by Gasteiger charge is -2.37. The fourth-order valence-corrected chi connectivity index (χ4v) is 1.96. The molecule has 66 valence electrons. The zero-order valence-electron chi connectivity index (χ0n) is 7.71. The molecule has 1 fully saturated rings. The Morgan fingerprint density at radius 1 is 1.45 bits per heavy atom. The number of hydrogen-bond acceptors (Lipinski definition) is 2. The Morgan fingerprint density at radius 3 is 2.82 bits per heavy atom. The van der Waals surface area contributed by atoms with E-state index < -0.39 is 0 Å². The highest BCUT2D eigenvalue weighted by Crippen LogP contribution is 2.22. The summed E-state index contributed by atoms with van der Waals surface area (Å²) in [6.07, 6.45) is 5.26. The summed E-state index contributed by atoms with van der Waals surface area (Å²) >= 11 is 0. The largest absolute Gasteiger partial charge is 0.330 e. The average molecular weight is 156 g/mol. The van der Waals surface area contributed by atoms with Crippen LogP contribution in [0.25, 0.3) is 0 Å². The highest BCUT2D eigenvalue weighted by atomic mass is 15.2. The van der Waals surface area contributed by atoms with E-state index in [-0.39, 0.29) is 0 Å². The van der Waals surface area contributed by atoms with E-state index >= 15 is 0 Å². The second kappa shape index (κ2) is 4.07. The van der Waals surface area contributed by atoms with Crippen molar-refractivity contribution < 1.29 is 0 Å². The van der Waals surface area contributed by atoms with E-state index in [1.165, 1.54) is 25.7 Å². The van der Waals surface area contributed by atoms with E-state index in [1.54, 1.807) is 0 Å². The molecule has 0 saturated carbocycles. The second-order valence-corrected chi connectivity index (χ2v) is 3.68. The molecule has 2 heteroatoms. The highest BCUT2D eigenvalue weighted by Gasteiger charge is 2.23. The average Bonchev–Trinajstić information content (AvgIpc) is 1.99. The van der Waals surface area contributed by atoms with Crippen molar-refractivity contribution in [1.29, 1.82) is 0 Å². The van der Waals surface area contributed by atoms with Crippen LogP contribution in [-0.2, 0) is 0 Å². The molecule has 1 rings (SSSR count). The molecule has 0 aromatic rings. The number of nitrogens with two attached hydrogens (primary N) is 1. The molecule has 0 bridgehead atoms. The maximum Gasteiger partial charge on any atom is 0.0107 e. The third-order valence-corrected chi connectivity index (χ3v) is 2.93. The van der Waals surface area contributed by atoms with E-state index in [9.17, 15) is 0 Å². The Balaban J connectivity index is 2.38. The Bertz CT molecular complexity index is 112. The molecule has 0 aliphatic carbocycles. The molecule has 1 aliphatic heterocycles. The monoisotopic (exact) mass is 156 g/mol. The van der Waals surface area contributed by atoms with Crippen molar-refractivity contribution in [1.82, 2.24) is 4.90 Å². The summed E-state index contributed by atoms with van der Waals surface area (Å²) in [6, 6.07) is 1.52. The number of rotatable bonds is 2. The quantitative estimate of drug-likeness (QED) is 0.651. The molecule has 2 unspecified atom stereocenters. The van der Waals surface area contributed by atoms with Gasteiger partial charge in [0.2, 0.25) is 0 Å². The van der Waals surface area contributed by atoms with Crippen LogP contribution in [0.4, 0.5) is 0 Å². The van der Waals surface area contributed by atoms with Crippen molar-refractivity contribution in [2.45, 2.75) is 44.7 Å². The third-order valence-electron chi connectivity index (χ3n) is 2.93. The zero-order chi connectivity index (χ0) is 8.27. The fraction of sp³-hybridized carbons (Fsp3) is 1.00. The first-order valence-electron chi connectivity index (χ1n) is 4.67. The minimum atomic E-state index is 0.753. The molecular weight excluding hydrogens is 136 g/mol. The van der Waals surface area contributed by atoms with Crippen LogP contribution in [0, 0.1) is 0 Å². The van der Waals surface area contributed by atoms with Crippen molar-refractivity contribution in [3.8, 4) is 0 Å². The third kappa shape index (κ3) is 2.17. The molecule has 1 saturated heterocycles. The molecule has 1 aliphatic rings. The maximum atomic E-state index is 5.54. The SMILES string of the molecule is CC1CCCC(CCN)N1C. The van der Waals surface area contributed by atoms with Crippen molar-refractivity contribution in [3.63, 3.8) is 0 Å². The van der Waals surface area contributed by atoms with Crippen LogP contribution in [0.3, 0.4) is 0 Å². The van der Waals surface area contributed by atoms with Crippen LogP contribution in [0.2, 0.25) is 0 Å². The van der Waals surface area contributed by atoms with E-state index in [0.29, 0.717) is 0 Å². The smallest absolute Gasteiger partial charge is 0.0107 e. The lowest BCUT2D eigenvalue weighted by atomic mass is 9.95. The van der Waals surface area contributed by atoms with Gasteiger partial charge < -0.3 is 10.6 Å². The van der Waals surface area contributed by atoms with Gasteiger partial charge in [-0.2, -0.15) is 0 Å².